The molecule has 0 radical (unpaired) electrons. The lowest BCUT2D eigenvalue weighted by Crippen LogP contribution is -2.31. The number of anilines is 1. The van der Waals surface area contributed by atoms with Gasteiger partial charge in [-0.15, -0.1) is 0 Å². The summed E-state index contributed by atoms with van der Waals surface area (Å²) in [4.78, 5) is 28.1. The smallest absolute Gasteiger partial charge is 0.307 e. The molecule has 0 aliphatic heterocycles. The maximum absolute atomic E-state index is 12.5. The predicted molar refractivity (Wildman–Crippen MR) is 99.8 cm³/mol. The predicted octanol–water partition coefficient (Wildman–Crippen LogP) is 2.72. The van der Waals surface area contributed by atoms with Crippen molar-refractivity contribution in [3.8, 4) is 0 Å². The first-order chi connectivity index (χ1) is 11.4. The molecule has 1 aromatic heterocycles. The van der Waals surface area contributed by atoms with Crippen LogP contribution < -0.4 is 9.77 Å². The van der Waals surface area contributed by atoms with Crippen LogP contribution in [0.15, 0.2) is 34.4 Å². The number of aromatic nitrogens is 1. The Kier molecular flexibility index (Phi) is 6.20. The molecule has 0 fully saturated rings. The third kappa shape index (κ3) is 4.47. The van der Waals surface area contributed by atoms with Gasteiger partial charge in [-0.25, -0.2) is 0 Å². The van der Waals surface area contributed by atoms with Gasteiger partial charge in [-0.2, -0.15) is 0 Å². The lowest BCUT2D eigenvalue weighted by molar-refractivity contribution is -0.131. The molecule has 1 aromatic carbocycles. The average molecular weight is 347 g/mol. The van der Waals surface area contributed by atoms with E-state index in [1.165, 1.54) is 11.3 Å². The van der Waals surface area contributed by atoms with Crippen molar-refractivity contribution in [2.75, 3.05) is 25.5 Å². The van der Waals surface area contributed by atoms with E-state index < -0.39 is 0 Å². The number of aryl methyl sites for hydroxylation is 1. The molecule has 130 valence electrons. The maximum atomic E-state index is 12.5. The number of carbonyl (C=O) groups excluding carboxylic acids is 1. The second kappa shape index (κ2) is 8.15. The van der Waals surface area contributed by atoms with Crippen molar-refractivity contribution in [2.45, 2.75) is 33.4 Å². The molecule has 0 aliphatic rings. The summed E-state index contributed by atoms with van der Waals surface area (Å²) in [6.07, 6.45) is 0.348. The van der Waals surface area contributed by atoms with Gasteiger partial charge in [0.1, 0.15) is 0 Å². The number of amides is 1. The Morgan fingerprint density at radius 3 is 2.38 bits per heavy atom. The first-order valence-corrected chi connectivity index (χ1v) is 8.99. The minimum atomic E-state index is 0.00243. The lowest BCUT2D eigenvalue weighted by Gasteiger charge is -2.22. The Balaban J connectivity index is 1.97. The van der Waals surface area contributed by atoms with Crippen LogP contribution in [0.25, 0.3) is 0 Å². The Morgan fingerprint density at radius 1 is 1.21 bits per heavy atom. The van der Waals surface area contributed by atoms with E-state index in [9.17, 15) is 9.59 Å². The van der Waals surface area contributed by atoms with Gasteiger partial charge >= 0.3 is 4.87 Å². The summed E-state index contributed by atoms with van der Waals surface area (Å²) in [6, 6.07) is 8.22. The van der Waals surface area contributed by atoms with Crippen molar-refractivity contribution in [1.82, 2.24) is 9.47 Å². The van der Waals surface area contributed by atoms with Crippen molar-refractivity contribution in [3.63, 3.8) is 0 Å². The standard InChI is InChI=1S/C18H25N3O2S/c1-5-20(12-15-6-8-16(9-7-15)19(3)4)17(22)10-11-21-14(2)13-24-18(21)23/h6-9,13H,5,10-12H2,1-4H3. The first kappa shape index (κ1) is 18.3. The summed E-state index contributed by atoms with van der Waals surface area (Å²) in [5.41, 5.74) is 3.17. The largest absolute Gasteiger partial charge is 0.378 e. The van der Waals surface area contributed by atoms with Crippen molar-refractivity contribution in [2.24, 2.45) is 0 Å². The van der Waals surface area contributed by atoms with Crippen LogP contribution in [0.3, 0.4) is 0 Å². The fourth-order valence-electron chi connectivity index (χ4n) is 2.54. The Hall–Kier alpha value is -2.08. The highest BCUT2D eigenvalue weighted by Gasteiger charge is 2.13. The first-order valence-electron chi connectivity index (χ1n) is 8.11. The maximum Gasteiger partial charge on any atom is 0.307 e. The normalized spacial score (nSPS) is 10.7. The summed E-state index contributed by atoms with van der Waals surface area (Å²) >= 11 is 1.18. The summed E-state index contributed by atoms with van der Waals surface area (Å²) < 4.78 is 1.67. The van der Waals surface area contributed by atoms with Crippen LogP contribution in [0.1, 0.15) is 24.6 Å². The van der Waals surface area contributed by atoms with Gasteiger partial charge in [-0.1, -0.05) is 23.5 Å². The summed E-state index contributed by atoms with van der Waals surface area (Å²) in [5.74, 6) is 0.0756. The fraction of sp³-hybridized carbons (Fsp3) is 0.444. The van der Waals surface area contributed by atoms with E-state index in [2.05, 4.69) is 24.3 Å². The molecule has 5 nitrogen and oxygen atoms in total. The van der Waals surface area contributed by atoms with Gasteiger partial charge in [0.25, 0.3) is 0 Å². The summed E-state index contributed by atoms with van der Waals surface area (Å²) in [7, 11) is 4.01. The number of carbonyl (C=O) groups is 1. The van der Waals surface area contributed by atoms with Gasteiger partial charge in [-0.05, 0) is 31.5 Å². The molecule has 0 saturated heterocycles. The molecule has 0 aliphatic carbocycles. The van der Waals surface area contributed by atoms with Crippen molar-refractivity contribution in [3.05, 3.63) is 50.6 Å². The van der Waals surface area contributed by atoms with Gasteiger partial charge in [0.15, 0.2) is 0 Å². The van der Waals surface area contributed by atoms with Crippen LogP contribution in [0.4, 0.5) is 5.69 Å². The number of nitrogens with zero attached hydrogens (tertiary/aromatic N) is 3. The second-order valence-corrected chi connectivity index (χ2v) is 6.83. The van der Waals surface area contributed by atoms with Crippen LogP contribution in [0, 0.1) is 6.92 Å². The molecule has 0 spiro atoms. The van der Waals surface area contributed by atoms with Crippen molar-refractivity contribution < 1.29 is 4.79 Å². The van der Waals surface area contributed by atoms with Gasteiger partial charge in [0, 0.05) is 56.9 Å². The van der Waals surface area contributed by atoms with Crippen LogP contribution in [0.2, 0.25) is 0 Å². The highest BCUT2D eigenvalue weighted by Crippen LogP contribution is 2.14. The minimum absolute atomic E-state index is 0.00243. The number of benzene rings is 1. The number of hydrogen-bond acceptors (Lipinski definition) is 4. The van der Waals surface area contributed by atoms with E-state index in [0.29, 0.717) is 26.1 Å². The molecular formula is C18H25N3O2S. The highest BCUT2D eigenvalue weighted by atomic mass is 32.1. The molecular weight excluding hydrogens is 322 g/mol. The molecule has 0 bridgehead atoms. The molecule has 2 aromatic rings. The van der Waals surface area contributed by atoms with E-state index in [1.807, 2.05) is 43.1 Å². The fourth-order valence-corrected chi connectivity index (χ4v) is 3.30. The quantitative estimate of drug-likeness (QED) is 0.774. The Labute approximate surface area is 147 Å². The molecule has 0 atom stereocenters. The third-order valence-electron chi connectivity index (χ3n) is 4.09. The van der Waals surface area contributed by atoms with Crippen molar-refractivity contribution >= 4 is 22.9 Å². The molecule has 1 heterocycles. The zero-order valence-electron chi connectivity index (χ0n) is 14.8. The molecule has 2 rings (SSSR count). The van der Waals surface area contributed by atoms with E-state index in [4.69, 9.17) is 0 Å². The third-order valence-corrected chi connectivity index (χ3v) is 4.97. The molecule has 1 amide bonds. The number of hydrogen-bond donors (Lipinski definition) is 0. The van der Waals surface area contributed by atoms with Crippen LogP contribution in [0.5, 0.6) is 0 Å². The molecule has 0 unspecified atom stereocenters. The molecule has 0 saturated carbocycles. The molecule has 6 heteroatoms. The zero-order chi connectivity index (χ0) is 17.7. The topological polar surface area (TPSA) is 45.5 Å². The van der Waals surface area contributed by atoms with Crippen LogP contribution >= 0.6 is 11.3 Å². The van der Waals surface area contributed by atoms with Crippen molar-refractivity contribution in [1.29, 1.82) is 0 Å². The monoisotopic (exact) mass is 347 g/mol. The number of rotatable bonds is 7. The van der Waals surface area contributed by atoms with E-state index in [-0.39, 0.29) is 10.8 Å². The summed E-state index contributed by atoms with van der Waals surface area (Å²) in [5, 5.41) is 1.83. The zero-order valence-corrected chi connectivity index (χ0v) is 15.6. The number of thiazole rings is 1. The van der Waals surface area contributed by atoms with E-state index in [1.54, 1.807) is 4.57 Å². The van der Waals surface area contributed by atoms with Gasteiger partial charge < -0.3 is 14.4 Å². The SMILES string of the molecule is CCN(Cc1ccc(N(C)C)cc1)C(=O)CCn1c(C)csc1=O. The van der Waals surface area contributed by atoms with Crippen LogP contribution in [-0.2, 0) is 17.9 Å². The highest BCUT2D eigenvalue weighted by molar-refractivity contribution is 7.07. The van der Waals surface area contributed by atoms with E-state index in [0.717, 1.165) is 16.9 Å². The molecule has 24 heavy (non-hydrogen) atoms. The Bertz CT molecular complexity index is 731. The minimum Gasteiger partial charge on any atom is -0.378 e. The van der Waals surface area contributed by atoms with Gasteiger partial charge in [-0.3, -0.25) is 9.59 Å². The molecule has 0 N–H and O–H groups in total. The average Bonchev–Trinajstić information content (AvgIpc) is 2.89. The van der Waals surface area contributed by atoms with Gasteiger partial charge in [0.05, 0.1) is 0 Å². The van der Waals surface area contributed by atoms with Crippen LogP contribution in [-0.4, -0.2) is 36.0 Å². The Morgan fingerprint density at radius 2 is 1.88 bits per heavy atom. The van der Waals surface area contributed by atoms with E-state index >= 15 is 0 Å². The summed E-state index contributed by atoms with van der Waals surface area (Å²) in [6.45, 7) is 5.58. The van der Waals surface area contributed by atoms with Gasteiger partial charge in [0.2, 0.25) is 5.91 Å². The second-order valence-electron chi connectivity index (χ2n) is 6.01. The lowest BCUT2D eigenvalue weighted by atomic mass is 10.2.